The SMILES string of the molecule is Cc1cccc(NS(=O)(=O)c2ccc(C(=O)NCc3ccccc3F)cc2)c1C. The van der Waals surface area contributed by atoms with Crippen LogP contribution in [0.25, 0.3) is 0 Å². The van der Waals surface area contributed by atoms with E-state index in [-0.39, 0.29) is 17.0 Å². The molecule has 0 aliphatic carbocycles. The van der Waals surface area contributed by atoms with Crippen molar-refractivity contribution in [3.8, 4) is 0 Å². The van der Waals surface area contributed by atoms with Crippen LogP contribution < -0.4 is 10.0 Å². The van der Waals surface area contributed by atoms with E-state index in [9.17, 15) is 17.6 Å². The van der Waals surface area contributed by atoms with Crippen LogP contribution in [0, 0.1) is 19.7 Å². The number of hydrogen-bond donors (Lipinski definition) is 2. The smallest absolute Gasteiger partial charge is 0.261 e. The Hall–Kier alpha value is -3.19. The molecule has 0 heterocycles. The first-order valence-corrected chi connectivity index (χ1v) is 10.5. The van der Waals surface area contributed by atoms with Gasteiger partial charge in [0.2, 0.25) is 0 Å². The minimum Gasteiger partial charge on any atom is -0.348 e. The lowest BCUT2D eigenvalue weighted by atomic mass is 10.1. The summed E-state index contributed by atoms with van der Waals surface area (Å²) in [6.45, 7) is 3.79. The Kier molecular flexibility index (Phi) is 5.98. The fourth-order valence-corrected chi connectivity index (χ4v) is 3.89. The highest BCUT2D eigenvalue weighted by atomic mass is 32.2. The van der Waals surface area contributed by atoms with Crippen molar-refractivity contribution in [1.29, 1.82) is 0 Å². The van der Waals surface area contributed by atoms with Crippen LogP contribution in [0.4, 0.5) is 10.1 Å². The number of hydrogen-bond acceptors (Lipinski definition) is 3. The number of amides is 1. The highest BCUT2D eigenvalue weighted by Gasteiger charge is 2.16. The normalized spacial score (nSPS) is 11.1. The topological polar surface area (TPSA) is 75.3 Å². The number of halogens is 1. The summed E-state index contributed by atoms with van der Waals surface area (Å²) < 4.78 is 41.5. The van der Waals surface area contributed by atoms with Gasteiger partial charge in [-0.05, 0) is 61.4 Å². The average molecular weight is 412 g/mol. The van der Waals surface area contributed by atoms with E-state index in [1.807, 2.05) is 19.9 Å². The van der Waals surface area contributed by atoms with Gasteiger partial charge >= 0.3 is 0 Å². The second-order valence-electron chi connectivity index (χ2n) is 6.65. The van der Waals surface area contributed by atoms with Crippen LogP contribution in [0.2, 0.25) is 0 Å². The van der Waals surface area contributed by atoms with Crippen molar-refractivity contribution in [2.24, 2.45) is 0 Å². The van der Waals surface area contributed by atoms with Crippen molar-refractivity contribution in [2.75, 3.05) is 4.72 Å². The Balaban J connectivity index is 1.71. The lowest BCUT2D eigenvalue weighted by molar-refractivity contribution is 0.0950. The molecule has 0 saturated carbocycles. The molecule has 3 rings (SSSR count). The van der Waals surface area contributed by atoms with Gasteiger partial charge in [0, 0.05) is 17.7 Å². The van der Waals surface area contributed by atoms with Crippen molar-refractivity contribution >= 4 is 21.6 Å². The Morgan fingerprint density at radius 3 is 2.31 bits per heavy atom. The summed E-state index contributed by atoms with van der Waals surface area (Å²) in [4.78, 5) is 12.3. The minimum atomic E-state index is -3.79. The van der Waals surface area contributed by atoms with Crippen LogP contribution in [0.5, 0.6) is 0 Å². The molecule has 2 N–H and O–H groups in total. The third-order valence-corrected chi connectivity index (χ3v) is 6.05. The molecule has 0 aliphatic heterocycles. The molecule has 0 aromatic heterocycles. The molecular weight excluding hydrogens is 391 g/mol. The fraction of sp³-hybridized carbons (Fsp3) is 0.136. The van der Waals surface area contributed by atoms with Gasteiger partial charge in [-0.1, -0.05) is 30.3 Å². The minimum absolute atomic E-state index is 0.0414. The molecule has 150 valence electrons. The molecule has 0 aliphatic rings. The number of benzene rings is 3. The summed E-state index contributed by atoms with van der Waals surface area (Å²) in [5, 5.41) is 2.62. The molecule has 0 bridgehead atoms. The van der Waals surface area contributed by atoms with Crippen LogP contribution >= 0.6 is 0 Å². The number of carbonyl (C=O) groups excluding carboxylic acids is 1. The van der Waals surface area contributed by atoms with Crippen molar-refractivity contribution in [3.05, 3.63) is 94.8 Å². The van der Waals surface area contributed by atoms with Gasteiger partial charge in [0.05, 0.1) is 10.6 Å². The summed E-state index contributed by atoms with van der Waals surface area (Å²) in [5.74, 6) is -0.813. The first kappa shape index (κ1) is 20.5. The summed E-state index contributed by atoms with van der Waals surface area (Å²) in [6.07, 6.45) is 0. The standard InChI is InChI=1S/C22H21FN2O3S/c1-15-6-5-9-21(16(15)2)25-29(27,28)19-12-10-17(11-13-19)22(26)24-14-18-7-3-4-8-20(18)23/h3-13,25H,14H2,1-2H3,(H,24,26). The van der Waals surface area contributed by atoms with Gasteiger partial charge in [0.25, 0.3) is 15.9 Å². The molecule has 0 spiro atoms. The number of carbonyl (C=O) groups is 1. The van der Waals surface area contributed by atoms with Gasteiger partial charge in [-0.3, -0.25) is 9.52 Å². The Labute approximate surface area is 169 Å². The fourth-order valence-electron chi connectivity index (χ4n) is 2.77. The molecule has 0 fully saturated rings. The molecule has 3 aromatic rings. The number of rotatable bonds is 6. The molecule has 0 atom stereocenters. The maximum absolute atomic E-state index is 13.6. The van der Waals surface area contributed by atoms with Gasteiger partial charge in [0.1, 0.15) is 5.82 Å². The molecule has 0 saturated heterocycles. The maximum atomic E-state index is 13.6. The lowest BCUT2D eigenvalue weighted by Crippen LogP contribution is -2.23. The highest BCUT2D eigenvalue weighted by Crippen LogP contribution is 2.22. The molecule has 3 aromatic carbocycles. The van der Waals surface area contributed by atoms with E-state index in [0.717, 1.165) is 11.1 Å². The first-order chi connectivity index (χ1) is 13.8. The van der Waals surface area contributed by atoms with Crippen molar-refractivity contribution < 1.29 is 17.6 Å². The van der Waals surface area contributed by atoms with Crippen molar-refractivity contribution in [1.82, 2.24) is 5.32 Å². The maximum Gasteiger partial charge on any atom is 0.261 e. The third-order valence-electron chi connectivity index (χ3n) is 4.67. The Morgan fingerprint density at radius 2 is 1.62 bits per heavy atom. The average Bonchev–Trinajstić information content (AvgIpc) is 2.70. The molecule has 0 unspecified atom stereocenters. The highest BCUT2D eigenvalue weighted by molar-refractivity contribution is 7.92. The van der Waals surface area contributed by atoms with Gasteiger partial charge in [-0.15, -0.1) is 0 Å². The lowest BCUT2D eigenvalue weighted by Gasteiger charge is -2.12. The third kappa shape index (κ3) is 4.81. The Morgan fingerprint density at radius 1 is 0.931 bits per heavy atom. The molecule has 0 radical (unpaired) electrons. The molecule has 5 nitrogen and oxygen atoms in total. The second kappa shape index (κ2) is 8.45. The predicted octanol–water partition coefficient (Wildman–Crippen LogP) is 4.17. The molecule has 1 amide bonds. The largest absolute Gasteiger partial charge is 0.348 e. The van der Waals surface area contributed by atoms with E-state index in [4.69, 9.17) is 0 Å². The van der Waals surface area contributed by atoms with E-state index in [0.29, 0.717) is 11.3 Å². The Bertz CT molecular complexity index is 1140. The van der Waals surface area contributed by atoms with Crippen LogP contribution in [-0.4, -0.2) is 14.3 Å². The first-order valence-electron chi connectivity index (χ1n) is 8.98. The van der Waals surface area contributed by atoms with Crippen LogP contribution in [-0.2, 0) is 16.6 Å². The number of anilines is 1. The van der Waals surface area contributed by atoms with Gasteiger partial charge < -0.3 is 5.32 Å². The summed E-state index contributed by atoms with van der Waals surface area (Å²) in [6, 6.07) is 17.1. The number of sulfonamides is 1. The quantitative estimate of drug-likeness (QED) is 0.638. The van der Waals surface area contributed by atoms with Crippen molar-refractivity contribution in [3.63, 3.8) is 0 Å². The van der Waals surface area contributed by atoms with E-state index in [2.05, 4.69) is 10.0 Å². The van der Waals surface area contributed by atoms with E-state index in [1.54, 1.807) is 30.3 Å². The molecule has 29 heavy (non-hydrogen) atoms. The van der Waals surface area contributed by atoms with E-state index in [1.165, 1.54) is 30.3 Å². The summed E-state index contributed by atoms with van der Waals surface area (Å²) in [7, 11) is -3.79. The number of nitrogens with one attached hydrogen (secondary N) is 2. The monoisotopic (exact) mass is 412 g/mol. The molecular formula is C22H21FN2O3S. The number of aryl methyl sites for hydroxylation is 1. The van der Waals surface area contributed by atoms with E-state index >= 15 is 0 Å². The van der Waals surface area contributed by atoms with Crippen LogP contribution in [0.3, 0.4) is 0 Å². The zero-order valence-electron chi connectivity index (χ0n) is 16.1. The zero-order valence-corrected chi connectivity index (χ0v) is 16.9. The molecule has 7 heteroatoms. The summed E-state index contributed by atoms with van der Waals surface area (Å²) >= 11 is 0. The van der Waals surface area contributed by atoms with Gasteiger partial charge in [-0.2, -0.15) is 0 Å². The summed E-state index contributed by atoms with van der Waals surface area (Å²) in [5.41, 5.74) is 2.99. The van der Waals surface area contributed by atoms with Crippen LogP contribution in [0.15, 0.2) is 71.6 Å². The zero-order chi connectivity index (χ0) is 21.0. The van der Waals surface area contributed by atoms with Gasteiger partial charge in [0.15, 0.2) is 0 Å². The van der Waals surface area contributed by atoms with E-state index < -0.39 is 21.7 Å². The van der Waals surface area contributed by atoms with Gasteiger partial charge in [-0.25, -0.2) is 12.8 Å². The second-order valence-corrected chi connectivity index (χ2v) is 8.33. The predicted molar refractivity (Wildman–Crippen MR) is 111 cm³/mol. The van der Waals surface area contributed by atoms with Crippen molar-refractivity contribution in [2.45, 2.75) is 25.3 Å². The van der Waals surface area contributed by atoms with Crippen LogP contribution in [0.1, 0.15) is 27.0 Å².